The first-order valence-corrected chi connectivity index (χ1v) is 7.64. The van der Waals surface area contributed by atoms with Gasteiger partial charge in [-0.1, -0.05) is 24.3 Å². The van der Waals surface area contributed by atoms with Gasteiger partial charge in [-0.15, -0.1) is 0 Å². The first-order chi connectivity index (χ1) is 11.2. The average Bonchev–Trinajstić information content (AvgIpc) is 2.98. The van der Waals surface area contributed by atoms with E-state index in [0.29, 0.717) is 10.5 Å². The van der Waals surface area contributed by atoms with E-state index in [9.17, 15) is 4.79 Å². The molecule has 3 aromatic rings. The van der Waals surface area contributed by atoms with Crippen LogP contribution >= 0.6 is 12.2 Å². The van der Waals surface area contributed by atoms with Crippen LogP contribution in [0.3, 0.4) is 0 Å². The molecular weight excluding hydrogens is 308 g/mol. The lowest BCUT2D eigenvalue weighted by Crippen LogP contribution is -2.28. The third kappa shape index (κ3) is 3.22. The smallest absolute Gasteiger partial charge is 0.270 e. The Morgan fingerprint density at radius 3 is 2.74 bits per heavy atom. The Hall–Kier alpha value is -2.73. The van der Waals surface area contributed by atoms with Gasteiger partial charge >= 0.3 is 0 Å². The van der Waals surface area contributed by atoms with Gasteiger partial charge in [0.2, 0.25) is 0 Å². The zero-order valence-corrected chi connectivity index (χ0v) is 13.4. The van der Waals surface area contributed by atoms with E-state index < -0.39 is 0 Å². The molecule has 0 aliphatic rings. The number of amides is 1. The molecule has 6 heteroatoms. The molecule has 0 spiro atoms. The second-order valence-electron chi connectivity index (χ2n) is 5.13. The molecule has 0 bridgehead atoms. The Morgan fingerprint density at radius 2 is 2.04 bits per heavy atom. The van der Waals surface area contributed by atoms with Gasteiger partial charge in [0.15, 0.2) is 4.77 Å². The molecule has 5 nitrogen and oxygen atoms in total. The molecule has 0 radical (unpaired) electrons. The molecule has 0 saturated carbocycles. The van der Waals surface area contributed by atoms with Gasteiger partial charge in [0, 0.05) is 24.3 Å². The monoisotopic (exact) mass is 324 g/mol. The number of para-hydroxylation sites is 1. The van der Waals surface area contributed by atoms with Gasteiger partial charge in [-0.25, -0.2) is 0 Å². The molecule has 1 unspecified atom stereocenters. The first-order valence-electron chi connectivity index (χ1n) is 7.23. The number of aromatic amines is 1. The Morgan fingerprint density at radius 1 is 1.26 bits per heavy atom. The van der Waals surface area contributed by atoms with Crippen LogP contribution in [0, 0.1) is 4.77 Å². The number of aromatic nitrogens is 3. The predicted octanol–water partition coefficient (Wildman–Crippen LogP) is 3.42. The summed E-state index contributed by atoms with van der Waals surface area (Å²) >= 11 is 5.30. The lowest BCUT2D eigenvalue weighted by molar-refractivity contribution is 0.0933. The molecule has 23 heavy (non-hydrogen) atoms. The summed E-state index contributed by atoms with van der Waals surface area (Å²) in [6.45, 7) is 1.92. The zero-order chi connectivity index (χ0) is 16.2. The van der Waals surface area contributed by atoms with Crippen molar-refractivity contribution in [2.45, 2.75) is 13.0 Å². The zero-order valence-electron chi connectivity index (χ0n) is 12.6. The van der Waals surface area contributed by atoms with Crippen LogP contribution in [-0.2, 0) is 0 Å². The summed E-state index contributed by atoms with van der Waals surface area (Å²) in [5, 5.41) is 2.97. The highest BCUT2D eigenvalue weighted by molar-refractivity contribution is 7.71. The summed E-state index contributed by atoms with van der Waals surface area (Å²) in [4.78, 5) is 19.6. The fraction of sp³-hybridized carbons (Fsp3) is 0.118. The third-order valence-corrected chi connectivity index (χ3v) is 3.86. The van der Waals surface area contributed by atoms with Crippen LogP contribution in [-0.4, -0.2) is 20.4 Å². The lowest BCUT2D eigenvalue weighted by atomic mass is 10.1. The number of carbonyl (C=O) groups is 1. The van der Waals surface area contributed by atoms with E-state index in [1.54, 1.807) is 23.2 Å². The Labute approximate surface area is 139 Å². The van der Waals surface area contributed by atoms with Crippen molar-refractivity contribution in [3.63, 3.8) is 0 Å². The van der Waals surface area contributed by atoms with Gasteiger partial charge in [-0.2, -0.15) is 0 Å². The normalized spacial score (nSPS) is 11.9. The Kier molecular flexibility index (Phi) is 4.34. The molecule has 0 aliphatic carbocycles. The number of carbonyl (C=O) groups excluding carboxylic acids is 1. The van der Waals surface area contributed by atoms with E-state index in [1.807, 2.05) is 49.4 Å². The number of hydrogen-bond donors (Lipinski definition) is 2. The van der Waals surface area contributed by atoms with Crippen molar-refractivity contribution in [3.8, 4) is 5.69 Å². The maximum absolute atomic E-state index is 12.6. The maximum atomic E-state index is 12.6. The second kappa shape index (κ2) is 6.58. The third-order valence-electron chi connectivity index (χ3n) is 3.56. The van der Waals surface area contributed by atoms with Crippen molar-refractivity contribution >= 4 is 18.1 Å². The Bertz CT molecular complexity index is 855. The molecular formula is C17H16N4OS. The highest BCUT2D eigenvalue weighted by Gasteiger charge is 2.17. The summed E-state index contributed by atoms with van der Waals surface area (Å²) < 4.78 is 2.20. The standard InChI is InChI=1S/C17H16N4OS/c1-12(13-6-5-9-18-10-13)20-16(22)15-11-19-17(23)21(15)14-7-3-2-4-8-14/h2-12H,1H3,(H,19,23)(H,20,22). The van der Waals surface area contributed by atoms with Gasteiger partial charge in [-0.05, 0) is 42.9 Å². The summed E-state index contributed by atoms with van der Waals surface area (Å²) in [7, 11) is 0. The van der Waals surface area contributed by atoms with Crippen LogP contribution in [0.25, 0.3) is 5.69 Å². The van der Waals surface area contributed by atoms with E-state index in [0.717, 1.165) is 11.3 Å². The topological polar surface area (TPSA) is 62.7 Å². The van der Waals surface area contributed by atoms with Crippen molar-refractivity contribution in [1.82, 2.24) is 19.9 Å². The highest BCUT2D eigenvalue weighted by atomic mass is 32.1. The molecule has 1 aromatic carbocycles. The van der Waals surface area contributed by atoms with Gasteiger partial charge in [-0.3, -0.25) is 14.3 Å². The lowest BCUT2D eigenvalue weighted by Gasteiger charge is -2.15. The van der Waals surface area contributed by atoms with Gasteiger partial charge in [0.25, 0.3) is 5.91 Å². The molecule has 0 saturated heterocycles. The molecule has 0 aliphatic heterocycles. The number of H-pyrrole nitrogens is 1. The summed E-state index contributed by atoms with van der Waals surface area (Å²) in [5.41, 5.74) is 2.26. The van der Waals surface area contributed by atoms with E-state index in [-0.39, 0.29) is 11.9 Å². The van der Waals surface area contributed by atoms with E-state index >= 15 is 0 Å². The fourth-order valence-corrected chi connectivity index (χ4v) is 2.62. The fourth-order valence-electron chi connectivity index (χ4n) is 2.36. The number of nitrogens with zero attached hydrogens (tertiary/aromatic N) is 2. The maximum Gasteiger partial charge on any atom is 0.270 e. The van der Waals surface area contributed by atoms with Gasteiger partial charge < -0.3 is 10.3 Å². The van der Waals surface area contributed by atoms with Crippen LogP contribution in [0.2, 0.25) is 0 Å². The summed E-state index contributed by atoms with van der Waals surface area (Å²) in [6.07, 6.45) is 5.07. The van der Waals surface area contributed by atoms with Crippen LogP contribution in [0.15, 0.2) is 61.1 Å². The number of hydrogen-bond acceptors (Lipinski definition) is 3. The van der Waals surface area contributed by atoms with E-state index in [4.69, 9.17) is 12.2 Å². The number of imidazole rings is 1. The summed E-state index contributed by atoms with van der Waals surface area (Å²) in [5.74, 6) is -0.197. The number of benzene rings is 1. The van der Waals surface area contributed by atoms with Crippen LogP contribution in [0.4, 0.5) is 0 Å². The average molecular weight is 324 g/mol. The van der Waals surface area contributed by atoms with Gasteiger partial charge in [0.1, 0.15) is 5.69 Å². The highest BCUT2D eigenvalue weighted by Crippen LogP contribution is 2.15. The molecule has 2 aromatic heterocycles. The first kappa shape index (κ1) is 15.2. The minimum Gasteiger partial charge on any atom is -0.344 e. The molecule has 1 amide bonds. The number of pyridine rings is 1. The predicted molar refractivity (Wildman–Crippen MR) is 91.1 cm³/mol. The SMILES string of the molecule is CC(NC(=O)c1c[nH]c(=S)n1-c1ccccc1)c1cccnc1. The van der Waals surface area contributed by atoms with E-state index in [1.165, 1.54) is 0 Å². The van der Waals surface area contributed by atoms with Crippen molar-refractivity contribution < 1.29 is 4.79 Å². The molecule has 1 atom stereocenters. The van der Waals surface area contributed by atoms with Crippen LogP contribution in [0.5, 0.6) is 0 Å². The quantitative estimate of drug-likeness (QED) is 0.723. The van der Waals surface area contributed by atoms with Crippen molar-refractivity contribution in [1.29, 1.82) is 0 Å². The number of nitrogens with one attached hydrogen (secondary N) is 2. The van der Waals surface area contributed by atoms with Crippen LogP contribution < -0.4 is 5.32 Å². The largest absolute Gasteiger partial charge is 0.344 e. The minimum absolute atomic E-state index is 0.149. The second-order valence-corrected chi connectivity index (χ2v) is 5.52. The molecule has 0 fully saturated rings. The molecule has 116 valence electrons. The summed E-state index contributed by atoms with van der Waals surface area (Å²) in [6, 6.07) is 13.2. The molecule has 2 N–H and O–H groups in total. The molecule has 2 heterocycles. The van der Waals surface area contributed by atoms with Gasteiger partial charge in [0.05, 0.1) is 6.04 Å². The minimum atomic E-state index is -0.197. The molecule has 3 rings (SSSR count). The van der Waals surface area contributed by atoms with Crippen molar-refractivity contribution in [2.75, 3.05) is 0 Å². The van der Waals surface area contributed by atoms with E-state index in [2.05, 4.69) is 15.3 Å². The Balaban J connectivity index is 1.88. The van der Waals surface area contributed by atoms with Crippen molar-refractivity contribution in [3.05, 3.63) is 77.1 Å². The van der Waals surface area contributed by atoms with Crippen molar-refractivity contribution in [2.24, 2.45) is 0 Å². The number of rotatable bonds is 4. The van der Waals surface area contributed by atoms with Crippen LogP contribution in [0.1, 0.15) is 29.0 Å².